The highest BCUT2D eigenvalue weighted by Gasteiger charge is 2.14. The van der Waals surface area contributed by atoms with E-state index in [0.717, 1.165) is 15.4 Å². The number of carbonyl (C=O) groups is 1. The van der Waals surface area contributed by atoms with Crippen LogP contribution in [-0.4, -0.2) is 20.9 Å². The maximum Gasteiger partial charge on any atom is 0.269 e. The first-order valence-corrected chi connectivity index (χ1v) is 9.77. The summed E-state index contributed by atoms with van der Waals surface area (Å²) in [5.41, 5.74) is 13.8. The number of hydrogen-bond donors (Lipinski definition) is 3. The zero-order valence-corrected chi connectivity index (χ0v) is 17.5. The van der Waals surface area contributed by atoms with E-state index in [-0.39, 0.29) is 23.3 Å². The summed E-state index contributed by atoms with van der Waals surface area (Å²) in [4.78, 5) is 24.9. The fourth-order valence-electron chi connectivity index (χ4n) is 2.75. The number of aromatic nitrogens is 3. The van der Waals surface area contributed by atoms with Crippen molar-refractivity contribution in [1.29, 1.82) is 0 Å². The standard InChI is InChI=1S/C21H17BrN6O2/c1-12-4-6-13(7-5-12)20(29)28-27-19-17(23)21(26-11-25-19)30-16-9-8-15(22)14-3-2-10-24-18(14)16/h2-11H,23H2,1H3,(H,28,29)(H,25,26,27). The van der Waals surface area contributed by atoms with Crippen LogP contribution >= 0.6 is 15.9 Å². The Hall–Kier alpha value is -3.72. The van der Waals surface area contributed by atoms with Crippen LogP contribution in [-0.2, 0) is 0 Å². The van der Waals surface area contributed by atoms with Gasteiger partial charge in [-0.2, -0.15) is 4.98 Å². The molecule has 8 nitrogen and oxygen atoms in total. The van der Waals surface area contributed by atoms with E-state index >= 15 is 0 Å². The Morgan fingerprint density at radius 2 is 1.87 bits per heavy atom. The Morgan fingerprint density at radius 1 is 1.07 bits per heavy atom. The highest BCUT2D eigenvalue weighted by molar-refractivity contribution is 9.10. The number of benzene rings is 2. The molecule has 2 aromatic carbocycles. The van der Waals surface area contributed by atoms with E-state index in [1.54, 1.807) is 24.4 Å². The number of rotatable bonds is 5. The van der Waals surface area contributed by atoms with Gasteiger partial charge >= 0.3 is 0 Å². The molecular weight excluding hydrogens is 448 g/mol. The van der Waals surface area contributed by atoms with Crippen molar-refractivity contribution in [1.82, 2.24) is 20.4 Å². The number of aryl methyl sites for hydroxylation is 1. The van der Waals surface area contributed by atoms with Gasteiger partial charge in [-0.15, -0.1) is 0 Å². The van der Waals surface area contributed by atoms with Crippen molar-refractivity contribution in [3.05, 3.63) is 76.7 Å². The number of halogens is 1. The van der Waals surface area contributed by atoms with Gasteiger partial charge in [-0.05, 0) is 37.3 Å². The third kappa shape index (κ3) is 4.01. The molecule has 30 heavy (non-hydrogen) atoms. The molecule has 0 spiro atoms. The van der Waals surface area contributed by atoms with Crippen molar-refractivity contribution in [3.8, 4) is 11.6 Å². The number of nitrogens with two attached hydrogens (primary N) is 1. The Morgan fingerprint density at radius 3 is 2.67 bits per heavy atom. The second-order valence-electron chi connectivity index (χ2n) is 6.43. The maximum atomic E-state index is 12.3. The van der Waals surface area contributed by atoms with Crippen molar-refractivity contribution in [2.75, 3.05) is 11.2 Å². The van der Waals surface area contributed by atoms with E-state index in [1.165, 1.54) is 6.33 Å². The summed E-state index contributed by atoms with van der Waals surface area (Å²) in [6, 6.07) is 14.6. The van der Waals surface area contributed by atoms with E-state index in [4.69, 9.17) is 10.5 Å². The Bertz CT molecular complexity index is 1230. The fraction of sp³-hybridized carbons (Fsp3) is 0.0476. The Labute approximate surface area is 180 Å². The van der Waals surface area contributed by atoms with E-state index in [2.05, 4.69) is 41.7 Å². The predicted molar refractivity (Wildman–Crippen MR) is 118 cm³/mol. The number of pyridine rings is 1. The highest BCUT2D eigenvalue weighted by Crippen LogP contribution is 2.35. The Kier molecular flexibility index (Phi) is 5.44. The van der Waals surface area contributed by atoms with Crippen LogP contribution in [0.2, 0.25) is 0 Å². The summed E-state index contributed by atoms with van der Waals surface area (Å²) in [7, 11) is 0. The molecule has 0 bridgehead atoms. The van der Waals surface area contributed by atoms with Crippen LogP contribution in [0.25, 0.3) is 10.9 Å². The van der Waals surface area contributed by atoms with Gasteiger partial charge in [0, 0.05) is 21.6 Å². The number of hydrazine groups is 1. The quantitative estimate of drug-likeness (QED) is 0.378. The van der Waals surface area contributed by atoms with Gasteiger partial charge in [0.2, 0.25) is 5.88 Å². The first kappa shape index (κ1) is 19.6. The smallest absolute Gasteiger partial charge is 0.269 e. The molecule has 0 saturated carbocycles. The summed E-state index contributed by atoms with van der Waals surface area (Å²) in [5, 5.41) is 0.895. The number of nitrogens with zero attached hydrogens (tertiary/aromatic N) is 3. The van der Waals surface area contributed by atoms with Gasteiger partial charge in [0.25, 0.3) is 5.91 Å². The van der Waals surface area contributed by atoms with Gasteiger partial charge in [0.15, 0.2) is 11.6 Å². The van der Waals surface area contributed by atoms with Crippen LogP contribution in [0, 0.1) is 6.92 Å². The third-order valence-corrected chi connectivity index (χ3v) is 5.03. The van der Waals surface area contributed by atoms with Gasteiger partial charge in [0.05, 0.1) is 0 Å². The van der Waals surface area contributed by atoms with Crippen molar-refractivity contribution in [2.45, 2.75) is 6.92 Å². The van der Waals surface area contributed by atoms with Gasteiger partial charge in [-0.3, -0.25) is 20.6 Å². The number of carbonyl (C=O) groups excluding carboxylic acids is 1. The van der Waals surface area contributed by atoms with Crippen LogP contribution in [0.15, 0.2) is 65.5 Å². The van der Waals surface area contributed by atoms with E-state index in [0.29, 0.717) is 16.8 Å². The predicted octanol–water partition coefficient (Wildman–Crippen LogP) is 4.23. The molecule has 2 aromatic heterocycles. The number of hydrogen-bond acceptors (Lipinski definition) is 7. The lowest BCUT2D eigenvalue weighted by atomic mass is 10.1. The first-order valence-electron chi connectivity index (χ1n) is 8.97. The lowest BCUT2D eigenvalue weighted by molar-refractivity contribution is 0.0962. The van der Waals surface area contributed by atoms with Crippen LogP contribution in [0.1, 0.15) is 15.9 Å². The third-order valence-electron chi connectivity index (χ3n) is 4.34. The number of ether oxygens (including phenoxy) is 1. The molecule has 4 rings (SSSR count). The van der Waals surface area contributed by atoms with Gasteiger partial charge < -0.3 is 10.5 Å². The summed E-state index contributed by atoms with van der Waals surface area (Å²) >= 11 is 3.50. The normalized spacial score (nSPS) is 10.6. The van der Waals surface area contributed by atoms with Crippen LogP contribution in [0.5, 0.6) is 11.6 Å². The van der Waals surface area contributed by atoms with Crippen molar-refractivity contribution in [3.63, 3.8) is 0 Å². The molecule has 9 heteroatoms. The van der Waals surface area contributed by atoms with Crippen molar-refractivity contribution < 1.29 is 9.53 Å². The lowest BCUT2D eigenvalue weighted by Gasteiger charge is -2.13. The van der Waals surface area contributed by atoms with Crippen molar-refractivity contribution >= 4 is 44.2 Å². The summed E-state index contributed by atoms with van der Waals surface area (Å²) < 4.78 is 6.81. The Balaban J connectivity index is 1.54. The number of amides is 1. The fourth-order valence-corrected chi connectivity index (χ4v) is 3.20. The molecule has 0 atom stereocenters. The number of anilines is 2. The van der Waals surface area contributed by atoms with Crippen LogP contribution in [0.3, 0.4) is 0 Å². The topological polar surface area (TPSA) is 115 Å². The minimum Gasteiger partial charge on any atom is -0.435 e. The van der Waals surface area contributed by atoms with E-state index in [9.17, 15) is 4.79 Å². The highest BCUT2D eigenvalue weighted by atomic mass is 79.9. The zero-order valence-electron chi connectivity index (χ0n) is 15.9. The zero-order chi connectivity index (χ0) is 21.1. The summed E-state index contributed by atoms with van der Waals surface area (Å²) in [6.45, 7) is 1.95. The average molecular weight is 465 g/mol. The number of nitrogen functional groups attached to an aromatic ring is 1. The first-order chi connectivity index (χ1) is 14.5. The lowest BCUT2D eigenvalue weighted by Crippen LogP contribution is -2.30. The number of fused-ring (bicyclic) bond motifs is 1. The minimum absolute atomic E-state index is 0.145. The summed E-state index contributed by atoms with van der Waals surface area (Å²) in [5.74, 6) is 0.536. The van der Waals surface area contributed by atoms with Gasteiger partial charge in [0.1, 0.15) is 17.5 Å². The molecule has 0 unspecified atom stereocenters. The average Bonchev–Trinajstić information content (AvgIpc) is 2.76. The molecule has 0 aliphatic rings. The van der Waals surface area contributed by atoms with Gasteiger partial charge in [-0.1, -0.05) is 39.7 Å². The molecule has 4 N–H and O–H groups in total. The number of nitrogens with one attached hydrogen (secondary N) is 2. The minimum atomic E-state index is -0.321. The van der Waals surface area contributed by atoms with Crippen molar-refractivity contribution in [2.24, 2.45) is 0 Å². The van der Waals surface area contributed by atoms with E-state index in [1.807, 2.05) is 37.3 Å². The van der Waals surface area contributed by atoms with E-state index < -0.39 is 0 Å². The molecule has 0 saturated heterocycles. The largest absolute Gasteiger partial charge is 0.435 e. The molecule has 150 valence electrons. The molecule has 1 amide bonds. The SMILES string of the molecule is Cc1ccc(C(=O)NNc2ncnc(Oc3ccc(Br)c4cccnc34)c2N)cc1. The molecule has 0 radical (unpaired) electrons. The molecule has 0 aliphatic heterocycles. The molecule has 0 fully saturated rings. The maximum absolute atomic E-state index is 12.3. The monoisotopic (exact) mass is 464 g/mol. The van der Waals surface area contributed by atoms with Crippen LogP contribution in [0.4, 0.5) is 11.5 Å². The molecular formula is C21H17BrN6O2. The second kappa shape index (κ2) is 8.34. The van der Waals surface area contributed by atoms with Crippen LogP contribution < -0.4 is 21.3 Å². The molecule has 2 heterocycles. The molecule has 0 aliphatic carbocycles. The summed E-state index contributed by atoms with van der Waals surface area (Å²) in [6.07, 6.45) is 2.97. The second-order valence-corrected chi connectivity index (χ2v) is 7.29. The van der Waals surface area contributed by atoms with Gasteiger partial charge in [-0.25, -0.2) is 4.98 Å². The molecule has 4 aromatic rings.